The van der Waals surface area contributed by atoms with Crippen LogP contribution in [0.3, 0.4) is 0 Å². The fourth-order valence-electron chi connectivity index (χ4n) is 0.275. The van der Waals surface area contributed by atoms with Gasteiger partial charge in [0.2, 0.25) is 0 Å². The molecule has 0 aliphatic carbocycles. The first-order valence-corrected chi connectivity index (χ1v) is 6.02. The zero-order valence-corrected chi connectivity index (χ0v) is 6.76. The Balaban J connectivity index is 4.07. The van der Waals surface area contributed by atoms with Gasteiger partial charge in [-0.15, -0.1) is 0 Å². The standard InChI is InChI=1S/C2H8O5P2/c1-8(3,4)7-9(2,5)6/h1-2H3,(H,3,4)(H,5,6)/p-1. The SMILES string of the molecule is CP(=O)([O-])OP(C)(=O)O. The average Bonchev–Trinajstić information content (AvgIpc) is 1.14. The van der Waals surface area contributed by atoms with Crippen molar-refractivity contribution in [3.05, 3.63) is 0 Å². The van der Waals surface area contributed by atoms with E-state index in [0.717, 1.165) is 13.3 Å². The van der Waals surface area contributed by atoms with Crippen molar-refractivity contribution in [2.45, 2.75) is 0 Å². The van der Waals surface area contributed by atoms with E-state index >= 15 is 0 Å². The number of hydrogen-bond acceptors (Lipinski definition) is 4. The van der Waals surface area contributed by atoms with Gasteiger partial charge in [0, 0.05) is 13.3 Å². The zero-order valence-electron chi connectivity index (χ0n) is 4.97. The fourth-order valence-corrected chi connectivity index (χ4v) is 2.48. The van der Waals surface area contributed by atoms with Gasteiger partial charge in [0.1, 0.15) is 7.60 Å². The molecule has 0 amide bonds. The molecule has 9 heavy (non-hydrogen) atoms. The lowest BCUT2D eigenvalue weighted by Gasteiger charge is -2.18. The maximum atomic E-state index is 10.2. The molecule has 0 aromatic rings. The monoisotopic (exact) mass is 173 g/mol. The molecular formula is C2H7O5P2-. The lowest BCUT2D eigenvalue weighted by atomic mass is 12.0. The highest BCUT2D eigenvalue weighted by molar-refractivity contribution is 7.64. The summed E-state index contributed by atoms with van der Waals surface area (Å²) in [6.07, 6.45) is 0. The summed E-state index contributed by atoms with van der Waals surface area (Å²) >= 11 is 0. The van der Waals surface area contributed by atoms with Crippen molar-refractivity contribution in [1.82, 2.24) is 0 Å². The minimum Gasteiger partial charge on any atom is -0.778 e. The van der Waals surface area contributed by atoms with Crippen LogP contribution < -0.4 is 4.89 Å². The molecule has 1 N–H and O–H groups in total. The van der Waals surface area contributed by atoms with Crippen LogP contribution in [0.5, 0.6) is 0 Å². The first kappa shape index (κ1) is 9.34. The zero-order chi connectivity index (χ0) is 7.71. The van der Waals surface area contributed by atoms with Crippen molar-refractivity contribution >= 4 is 15.2 Å². The van der Waals surface area contributed by atoms with Crippen molar-refractivity contribution in [2.24, 2.45) is 0 Å². The van der Waals surface area contributed by atoms with E-state index in [1.807, 2.05) is 0 Å². The Morgan fingerprint density at radius 3 is 1.78 bits per heavy atom. The van der Waals surface area contributed by atoms with E-state index in [-0.39, 0.29) is 0 Å². The van der Waals surface area contributed by atoms with Gasteiger partial charge >= 0.3 is 7.60 Å². The van der Waals surface area contributed by atoms with Gasteiger partial charge in [-0.2, -0.15) is 0 Å². The smallest absolute Gasteiger partial charge is 0.329 e. The maximum Gasteiger partial charge on any atom is 0.329 e. The molecule has 0 bridgehead atoms. The minimum atomic E-state index is -4.05. The number of rotatable bonds is 2. The van der Waals surface area contributed by atoms with Crippen LogP contribution in [0, 0.1) is 0 Å². The van der Waals surface area contributed by atoms with Crippen LogP contribution in [0.2, 0.25) is 0 Å². The summed E-state index contributed by atoms with van der Waals surface area (Å²) in [5.74, 6) is 0. The molecule has 7 heteroatoms. The second kappa shape index (κ2) is 2.52. The third-order valence-electron chi connectivity index (χ3n) is 0.300. The molecule has 0 saturated carbocycles. The fraction of sp³-hybridized carbons (Fsp3) is 1.00. The largest absolute Gasteiger partial charge is 0.778 e. The summed E-state index contributed by atoms with van der Waals surface area (Å²) in [5, 5.41) is 0. The molecule has 5 nitrogen and oxygen atoms in total. The maximum absolute atomic E-state index is 10.2. The van der Waals surface area contributed by atoms with E-state index in [1.165, 1.54) is 0 Å². The van der Waals surface area contributed by atoms with E-state index in [9.17, 15) is 14.0 Å². The van der Waals surface area contributed by atoms with E-state index in [4.69, 9.17) is 4.89 Å². The van der Waals surface area contributed by atoms with Gasteiger partial charge in [-0.05, 0) is 0 Å². The molecule has 0 heterocycles. The Kier molecular flexibility index (Phi) is 2.62. The summed E-state index contributed by atoms with van der Waals surface area (Å²) < 4.78 is 24.0. The highest BCUT2D eigenvalue weighted by Crippen LogP contribution is 2.51. The Bertz CT molecular complexity index is 153. The Labute approximate surface area is 52.7 Å². The van der Waals surface area contributed by atoms with Crippen molar-refractivity contribution < 1.29 is 23.2 Å². The van der Waals surface area contributed by atoms with E-state index in [1.54, 1.807) is 0 Å². The molecule has 56 valence electrons. The van der Waals surface area contributed by atoms with Crippen LogP contribution in [0.4, 0.5) is 0 Å². The van der Waals surface area contributed by atoms with Crippen molar-refractivity contribution in [3.63, 3.8) is 0 Å². The summed E-state index contributed by atoms with van der Waals surface area (Å²) in [6.45, 7) is 1.54. The van der Waals surface area contributed by atoms with Gasteiger partial charge in [0.25, 0.3) is 0 Å². The van der Waals surface area contributed by atoms with Crippen molar-refractivity contribution in [3.8, 4) is 0 Å². The van der Waals surface area contributed by atoms with Crippen LogP contribution in [0.15, 0.2) is 0 Å². The van der Waals surface area contributed by atoms with Crippen LogP contribution in [0.1, 0.15) is 0 Å². The quantitative estimate of drug-likeness (QED) is 0.594. The van der Waals surface area contributed by atoms with E-state index < -0.39 is 15.2 Å². The molecule has 0 aromatic carbocycles. The molecular weight excluding hydrogens is 166 g/mol. The Morgan fingerprint density at radius 2 is 1.78 bits per heavy atom. The average molecular weight is 173 g/mol. The van der Waals surface area contributed by atoms with Crippen LogP contribution >= 0.6 is 15.2 Å². The third kappa shape index (κ3) is 8.34. The minimum absolute atomic E-state index is 0.735. The summed E-state index contributed by atoms with van der Waals surface area (Å²) in [5.41, 5.74) is 0. The summed E-state index contributed by atoms with van der Waals surface area (Å²) in [6, 6.07) is 0. The van der Waals surface area contributed by atoms with Crippen LogP contribution in [-0.2, 0) is 13.4 Å². The predicted molar refractivity (Wildman–Crippen MR) is 30.4 cm³/mol. The molecule has 0 fully saturated rings. The van der Waals surface area contributed by atoms with E-state index in [0.29, 0.717) is 0 Å². The second-order valence-electron chi connectivity index (χ2n) is 1.66. The number of hydrogen-bond donors (Lipinski definition) is 1. The lowest BCUT2D eigenvalue weighted by molar-refractivity contribution is -0.189. The lowest BCUT2D eigenvalue weighted by Crippen LogP contribution is -2.00. The molecule has 0 aromatic heterocycles. The summed E-state index contributed by atoms with van der Waals surface area (Å²) in [4.78, 5) is 18.4. The Hall–Kier alpha value is 0.340. The van der Waals surface area contributed by atoms with Crippen LogP contribution in [-0.4, -0.2) is 18.2 Å². The molecule has 0 saturated heterocycles. The van der Waals surface area contributed by atoms with Gasteiger partial charge in [0.15, 0.2) is 0 Å². The van der Waals surface area contributed by atoms with Crippen molar-refractivity contribution in [2.75, 3.05) is 13.3 Å². The predicted octanol–water partition coefficient (Wildman–Crippen LogP) is 0.00140. The first-order valence-electron chi connectivity index (χ1n) is 2.01. The van der Waals surface area contributed by atoms with Gasteiger partial charge in [0.05, 0.1) is 0 Å². The topological polar surface area (TPSA) is 86.7 Å². The second-order valence-corrected chi connectivity index (χ2v) is 5.46. The molecule has 0 radical (unpaired) electrons. The highest BCUT2D eigenvalue weighted by atomic mass is 31.3. The van der Waals surface area contributed by atoms with E-state index in [2.05, 4.69) is 4.31 Å². The molecule has 2 atom stereocenters. The third-order valence-corrected chi connectivity index (χ3v) is 2.70. The van der Waals surface area contributed by atoms with Gasteiger partial charge < -0.3 is 14.4 Å². The Morgan fingerprint density at radius 1 is 1.44 bits per heavy atom. The van der Waals surface area contributed by atoms with Gasteiger partial charge in [-0.3, -0.25) is 8.88 Å². The molecule has 0 spiro atoms. The van der Waals surface area contributed by atoms with Gasteiger partial charge in [-0.25, -0.2) is 0 Å². The first-order chi connectivity index (χ1) is 3.71. The summed E-state index contributed by atoms with van der Waals surface area (Å²) in [7, 11) is -7.91. The van der Waals surface area contributed by atoms with Crippen LogP contribution in [0.25, 0.3) is 0 Å². The van der Waals surface area contributed by atoms with Gasteiger partial charge in [-0.1, -0.05) is 0 Å². The van der Waals surface area contributed by atoms with Crippen molar-refractivity contribution in [1.29, 1.82) is 0 Å². The normalized spacial score (nSPS) is 24.4. The molecule has 0 aliphatic heterocycles. The highest BCUT2D eigenvalue weighted by Gasteiger charge is 2.14. The molecule has 0 aliphatic rings. The molecule has 2 unspecified atom stereocenters. The molecule has 0 rings (SSSR count).